The minimum absolute atomic E-state index is 0.0175. The maximum atomic E-state index is 5.58. The monoisotopic (exact) mass is 355 g/mol. The van der Waals surface area contributed by atoms with E-state index in [1.165, 1.54) is 5.56 Å². The summed E-state index contributed by atoms with van der Waals surface area (Å²) in [7, 11) is 5.20. The van der Waals surface area contributed by atoms with Crippen LogP contribution < -0.4 is 15.4 Å². The van der Waals surface area contributed by atoms with E-state index < -0.39 is 0 Å². The van der Waals surface area contributed by atoms with Crippen LogP contribution in [-0.4, -0.2) is 40.3 Å². The third-order valence-corrected chi connectivity index (χ3v) is 4.31. The van der Waals surface area contributed by atoms with Crippen LogP contribution in [0.1, 0.15) is 22.8 Å². The first-order valence-corrected chi connectivity index (χ1v) is 8.83. The van der Waals surface area contributed by atoms with Gasteiger partial charge < -0.3 is 20.1 Å². The molecular formula is C21H29N3O2. The van der Waals surface area contributed by atoms with Crippen molar-refractivity contribution < 1.29 is 9.47 Å². The van der Waals surface area contributed by atoms with Gasteiger partial charge in [-0.3, -0.25) is 4.99 Å². The summed E-state index contributed by atoms with van der Waals surface area (Å²) >= 11 is 0. The van der Waals surface area contributed by atoms with E-state index in [1.807, 2.05) is 25.1 Å². The van der Waals surface area contributed by atoms with Gasteiger partial charge in [0.25, 0.3) is 0 Å². The molecule has 0 aliphatic carbocycles. The van der Waals surface area contributed by atoms with Crippen LogP contribution in [0.3, 0.4) is 0 Å². The van der Waals surface area contributed by atoms with Gasteiger partial charge in [0.1, 0.15) is 5.75 Å². The van der Waals surface area contributed by atoms with Crippen molar-refractivity contribution >= 4 is 5.96 Å². The topological polar surface area (TPSA) is 54.9 Å². The number of aliphatic imine (C=N–C) groups is 1. The SMILES string of the molecule is CN=C(NCCc1ccc(C)c(OC)c1)NCC(OC)c1ccccc1. The van der Waals surface area contributed by atoms with Crippen LogP contribution in [0.4, 0.5) is 0 Å². The summed E-state index contributed by atoms with van der Waals surface area (Å²) in [5.74, 6) is 1.69. The van der Waals surface area contributed by atoms with Crippen molar-refractivity contribution in [3.8, 4) is 5.75 Å². The maximum absolute atomic E-state index is 5.58. The number of methoxy groups -OCH3 is 2. The zero-order valence-electron chi connectivity index (χ0n) is 16.1. The van der Waals surface area contributed by atoms with Crippen LogP contribution in [0.5, 0.6) is 5.75 Å². The standard InChI is InChI=1S/C21H29N3O2/c1-16-10-11-17(14-19(16)25-3)12-13-23-21(22-2)24-15-20(26-4)18-8-6-5-7-9-18/h5-11,14,20H,12-13,15H2,1-4H3,(H2,22,23,24). The molecule has 1 atom stereocenters. The predicted molar refractivity (Wildman–Crippen MR) is 107 cm³/mol. The van der Waals surface area contributed by atoms with Crippen LogP contribution >= 0.6 is 0 Å². The fourth-order valence-corrected chi connectivity index (χ4v) is 2.76. The van der Waals surface area contributed by atoms with Gasteiger partial charge in [0, 0.05) is 27.2 Å². The lowest BCUT2D eigenvalue weighted by molar-refractivity contribution is 0.106. The number of hydrogen-bond acceptors (Lipinski definition) is 3. The normalized spacial score (nSPS) is 12.5. The molecule has 0 spiro atoms. The molecule has 5 heteroatoms. The second kappa shape index (κ2) is 10.5. The van der Waals surface area contributed by atoms with E-state index in [2.05, 4.69) is 46.0 Å². The summed E-state index contributed by atoms with van der Waals surface area (Å²) in [5.41, 5.74) is 3.52. The molecule has 2 rings (SSSR count). The zero-order valence-corrected chi connectivity index (χ0v) is 16.1. The first-order valence-electron chi connectivity index (χ1n) is 8.83. The molecule has 0 fully saturated rings. The number of nitrogens with zero attached hydrogens (tertiary/aromatic N) is 1. The van der Waals surface area contributed by atoms with Crippen LogP contribution in [0.25, 0.3) is 0 Å². The van der Waals surface area contributed by atoms with E-state index in [0.29, 0.717) is 6.54 Å². The summed E-state index contributed by atoms with van der Waals surface area (Å²) in [6, 6.07) is 16.5. The molecule has 0 bridgehead atoms. The summed E-state index contributed by atoms with van der Waals surface area (Å²) in [6.45, 7) is 3.49. The second-order valence-corrected chi connectivity index (χ2v) is 6.07. The van der Waals surface area contributed by atoms with Gasteiger partial charge in [-0.05, 0) is 36.1 Å². The molecule has 140 valence electrons. The van der Waals surface area contributed by atoms with Crippen LogP contribution in [-0.2, 0) is 11.2 Å². The largest absolute Gasteiger partial charge is 0.496 e. The Morgan fingerprint density at radius 3 is 2.50 bits per heavy atom. The van der Waals surface area contributed by atoms with E-state index in [1.54, 1.807) is 21.3 Å². The molecule has 1 unspecified atom stereocenters. The van der Waals surface area contributed by atoms with Crippen LogP contribution in [0.2, 0.25) is 0 Å². The fourth-order valence-electron chi connectivity index (χ4n) is 2.76. The minimum Gasteiger partial charge on any atom is -0.496 e. The number of aryl methyl sites for hydroxylation is 1. The Balaban J connectivity index is 1.82. The zero-order chi connectivity index (χ0) is 18.8. The minimum atomic E-state index is -0.0175. The fraction of sp³-hybridized carbons (Fsp3) is 0.381. The Hall–Kier alpha value is -2.53. The molecule has 0 saturated heterocycles. The highest BCUT2D eigenvalue weighted by atomic mass is 16.5. The van der Waals surface area contributed by atoms with Gasteiger partial charge >= 0.3 is 0 Å². The van der Waals surface area contributed by atoms with Gasteiger partial charge in [0.2, 0.25) is 0 Å². The molecule has 0 amide bonds. The van der Waals surface area contributed by atoms with Gasteiger partial charge in [-0.2, -0.15) is 0 Å². The maximum Gasteiger partial charge on any atom is 0.191 e. The third-order valence-electron chi connectivity index (χ3n) is 4.31. The van der Waals surface area contributed by atoms with Crippen LogP contribution in [0.15, 0.2) is 53.5 Å². The third kappa shape index (κ3) is 5.77. The average molecular weight is 355 g/mol. The summed E-state index contributed by atoms with van der Waals surface area (Å²) in [5, 5.41) is 6.67. The van der Waals surface area contributed by atoms with Gasteiger partial charge in [-0.1, -0.05) is 42.5 Å². The summed E-state index contributed by atoms with van der Waals surface area (Å²) in [4.78, 5) is 4.28. The molecule has 0 saturated carbocycles. The molecular weight excluding hydrogens is 326 g/mol. The van der Waals surface area contributed by atoms with E-state index in [0.717, 1.165) is 35.8 Å². The lowest BCUT2D eigenvalue weighted by atomic mass is 10.1. The average Bonchev–Trinajstić information content (AvgIpc) is 2.69. The number of rotatable bonds is 8. The van der Waals surface area contributed by atoms with E-state index in [9.17, 15) is 0 Å². The quantitative estimate of drug-likeness (QED) is 0.564. The number of benzene rings is 2. The molecule has 5 nitrogen and oxygen atoms in total. The highest BCUT2D eigenvalue weighted by Gasteiger charge is 2.10. The Bertz CT molecular complexity index is 702. The molecule has 2 aromatic rings. The first-order chi connectivity index (χ1) is 12.7. The second-order valence-electron chi connectivity index (χ2n) is 6.07. The van der Waals surface area contributed by atoms with Crippen molar-refractivity contribution in [1.29, 1.82) is 0 Å². The molecule has 26 heavy (non-hydrogen) atoms. The van der Waals surface area contributed by atoms with E-state index >= 15 is 0 Å². The highest BCUT2D eigenvalue weighted by molar-refractivity contribution is 5.79. The van der Waals surface area contributed by atoms with Crippen molar-refractivity contribution in [3.63, 3.8) is 0 Å². The van der Waals surface area contributed by atoms with E-state index in [-0.39, 0.29) is 6.10 Å². The molecule has 2 N–H and O–H groups in total. The first kappa shape index (κ1) is 19.8. The number of hydrogen-bond donors (Lipinski definition) is 2. The molecule has 2 aromatic carbocycles. The van der Waals surface area contributed by atoms with Crippen molar-refractivity contribution in [2.45, 2.75) is 19.4 Å². The molecule has 0 aliphatic rings. The van der Waals surface area contributed by atoms with Gasteiger partial charge in [0.05, 0.1) is 13.2 Å². The Kier molecular flexibility index (Phi) is 7.96. The molecule has 0 aliphatic heterocycles. The number of guanidine groups is 1. The van der Waals surface area contributed by atoms with Gasteiger partial charge in [-0.15, -0.1) is 0 Å². The van der Waals surface area contributed by atoms with Crippen molar-refractivity contribution in [1.82, 2.24) is 10.6 Å². The lowest BCUT2D eigenvalue weighted by Gasteiger charge is -2.18. The Labute approximate surface area is 156 Å². The number of nitrogens with one attached hydrogen (secondary N) is 2. The summed E-state index contributed by atoms with van der Waals surface area (Å²) < 4.78 is 11.0. The van der Waals surface area contributed by atoms with Crippen LogP contribution in [0, 0.1) is 6.92 Å². The van der Waals surface area contributed by atoms with Gasteiger partial charge in [-0.25, -0.2) is 0 Å². The molecule has 0 aromatic heterocycles. The van der Waals surface area contributed by atoms with Crippen molar-refractivity contribution in [3.05, 3.63) is 65.2 Å². The van der Waals surface area contributed by atoms with Gasteiger partial charge in [0.15, 0.2) is 5.96 Å². The molecule has 0 heterocycles. The lowest BCUT2D eigenvalue weighted by Crippen LogP contribution is -2.40. The smallest absolute Gasteiger partial charge is 0.191 e. The summed E-state index contributed by atoms with van der Waals surface area (Å²) in [6.07, 6.45) is 0.875. The van der Waals surface area contributed by atoms with Crippen molar-refractivity contribution in [2.24, 2.45) is 4.99 Å². The Morgan fingerprint density at radius 2 is 1.85 bits per heavy atom. The Morgan fingerprint density at radius 1 is 1.08 bits per heavy atom. The predicted octanol–water partition coefficient (Wildman–Crippen LogP) is 3.10. The highest BCUT2D eigenvalue weighted by Crippen LogP contribution is 2.19. The van der Waals surface area contributed by atoms with Crippen molar-refractivity contribution in [2.75, 3.05) is 34.4 Å². The number of ether oxygens (including phenoxy) is 2. The molecule has 0 radical (unpaired) electrons. The van der Waals surface area contributed by atoms with E-state index in [4.69, 9.17) is 9.47 Å².